The number of nitrogens with one attached hydrogen (secondary N) is 1. The van der Waals surface area contributed by atoms with Gasteiger partial charge in [0.25, 0.3) is 5.91 Å². The highest BCUT2D eigenvalue weighted by Gasteiger charge is 2.14. The Morgan fingerprint density at radius 3 is 2.88 bits per heavy atom. The van der Waals surface area contributed by atoms with Crippen LogP contribution in [0.5, 0.6) is 0 Å². The van der Waals surface area contributed by atoms with Gasteiger partial charge in [-0.2, -0.15) is 0 Å². The molecule has 1 heterocycles. The average Bonchev–Trinajstić information content (AvgIpc) is 2.76. The minimum absolute atomic E-state index is 0.0828. The first-order valence-corrected chi connectivity index (χ1v) is 6.47. The van der Waals surface area contributed by atoms with Gasteiger partial charge in [-0.05, 0) is 12.1 Å². The predicted octanol–water partition coefficient (Wildman–Crippen LogP) is 1.41. The highest BCUT2D eigenvalue weighted by atomic mass is 32.2. The molecule has 5 heteroatoms. The lowest BCUT2D eigenvalue weighted by Crippen LogP contribution is -2.26. The molecule has 0 unspecified atom stereocenters. The van der Waals surface area contributed by atoms with Crippen molar-refractivity contribution in [1.29, 1.82) is 0 Å². The van der Waals surface area contributed by atoms with Gasteiger partial charge in [0, 0.05) is 24.9 Å². The van der Waals surface area contributed by atoms with E-state index in [1.807, 2.05) is 25.2 Å². The van der Waals surface area contributed by atoms with E-state index in [2.05, 4.69) is 15.2 Å². The molecule has 1 aromatic carbocycles. The van der Waals surface area contributed by atoms with Gasteiger partial charge in [0.15, 0.2) is 5.17 Å². The molecule has 0 atom stereocenters. The molecule has 17 heavy (non-hydrogen) atoms. The van der Waals surface area contributed by atoms with E-state index in [0.29, 0.717) is 12.2 Å². The van der Waals surface area contributed by atoms with Gasteiger partial charge in [-0.25, -0.2) is 4.99 Å². The van der Waals surface area contributed by atoms with Crippen molar-refractivity contribution >= 4 is 22.8 Å². The van der Waals surface area contributed by atoms with Crippen molar-refractivity contribution in [3.05, 3.63) is 35.9 Å². The Hall–Kier alpha value is -1.49. The SMILES string of the molecule is CN1CCSC1=NCNC(=O)c1ccccc1. The van der Waals surface area contributed by atoms with E-state index in [-0.39, 0.29) is 5.91 Å². The van der Waals surface area contributed by atoms with Crippen LogP contribution >= 0.6 is 11.8 Å². The van der Waals surface area contributed by atoms with Crippen molar-refractivity contribution < 1.29 is 4.79 Å². The van der Waals surface area contributed by atoms with E-state index < -0.39 is 0 Å². The largest absolute Gasteiger partial charge is 0.354 e. The van der Waals surface area contributed by atoms with Crippen LogP contribution < -0.4 is 5.32 Å². The molecule has 0 radical (unpaired) electrons. The topological polar surface area (TPSA) is 44.7 Å². The first kappa shape index (κ1) is 12.0. The molecule has 90 valence electrons. The van der Waals surface area contributed by atoms with Crippen LogP contribution in [0.25, 0.3) is 0 Å². The molecule has 0 bridgehead atoms. The molecule has 0 saturated carbocycles. The lowest BCUT2D eigenvalue weighted by molar-refractivity contribution is 0.0955. The van der Waals surface area contributed by atoms with Gasteiger partial charge in [-0.1, -0.05) is 30.0 Å². The molecule has 1 aliphatic rings. The predicted molar refractivity (Wildman–Crippen MR) is 71.3 cm³/mol. The lowest BCUT2D eigenvalue weighted by atomic mass is 10.2. The van der Waals surface area contributed by atoms with Crippen LogP contribution in [0.3, 0.4) is 0 Å². The number of nitrogens with zero attached hydrogens (tertiary/aromatic N) is 2. The van der Waals surface area contributed by atoms with Crippen LogP contribution in [0.4, 0.5) is 0 Å². The van der Waals surface area contributed by atoms with E-state index in [4.69, 9.17) is 0 Å². The maximum atomic E-state index is 11.7. The molecule has 0 spiro atoms. The minimum Gasteiger partial charge on any atom is -0.354 e. The van der Waals surface area contributed by atoms with Crippen molar-refractivity contribution in [2.24, 2.45) is 4.99 Å². The Kier molecular flexibility index (Phi) is 4.03. The summed E-state index contributed by atoms with van der Waals surface area (Å²) in [5.41, 5.74) is 0.667. The maximum Gasteiger partial charge on any atom is 0.252 e. The Morgan fingerprint density at radius 2 is 2.24 bits per heavy atom. The summed E-state index contributed by atoms with van der Waals surface area (Å²) in [4.78, 5) is 18.1. The Balaban J connectivity index is 1.85. The van der Waals surface area contributed by atoms with Gasteiger partial charge < -0.3 is 10.2 Å². The quantitative estimate of drug-likeness (QED) is 0.881. The second-order valence-electron chi connectivity index (χ2n) is 3.74. The van der Waals surface area contributed by atoms with Crippen molar-refractivity contribution in [1.82, 2.24) is 10.2 Å². The maximum absolute atomic E-state index is 11.7. The fourth-order valence-electron chi connectivity index (χ4n) is 1.52. The Labute approximate surface area is 105 Å². The standard InChI is InChI=1S/C12H15N3OS/c1-15-7-8-17-12(15)14-9-13-11(16)10-5-3-2-4-6-10/h2-6H,7-9H2,1H3,(H,13,16). The molecular formula is C12H15N3OS. The Morgan fingerprint density at radius 1 is 1.47 bits per heavy atom. The number of carbonyl (C=O) groups is 1. The number of carbonyl (C=O) groups excluding carboxylic acids is 1. The first-order valence-electron chi connectivity index (χ1n) is 5.49. The summed E-state index contributed by atoms with van der Waals surface area (Å²) in [6.45, 7) is 1.36. The molecule has 2 rings (SSSR count). The summed E-state index contributed by atoms with van der Waals surface area (Å²) in [6.07, 6.45) is 0. The summed E-state index contributed by atoms with van der Waals surface area (Å²) >= 11 is 1.72. The van der Waals surface area contributed by atoms with E-state index >= 15 is 0 Å². The van der Waals surface area contributed by atoms with Gasteiger partial charge in [-0.15, -0.1) is 0 Å². The highest BCUT2D eigenvalue weighted by molar-refractivity contribution is 8.14. The number of aliphatic imine (C=N–C) groups is 1. The average molecular weight is 249 g/mol. The smallest absolute Gasteiger partial charge is 0.252 e. The zero-order valence-corrected chi connectivity index (χ0v) is 10.5. The normalized spacial score (nSPS) is 17.5. The summed E-state index contributed by atoms with van der Waals surface area (Å²) in [7, 11) is 2.01. The lowest BCUT2D eigenvalue weighted by Gasteiger charge is -2.09. The minimum atomic E-state index is -0.0828. The summed E-state index contributed by atoms with van der Waals surface area (Å²) < 4.78 is 0. The van der Waals surface area contributed by atoms with Crippen LogP contribution in [-0.4, -0.2) is 42.0 Å². The molecular weight excluding hydrogens is 234 g/mol. The molecule has 1 N–H and O–H groups in total. The number of hydrogen-bond acceptors (Lipinski definition) is 3. The van der Waals surface area contributed by atoms with E-state index in [1.54, 1.807) is 23.9 Å². The molecule has 4 nitrogen and oxygen atoms in total. The molecule has 0 aliphatic carbocycles. The summed E-state index contributed by atoms with van der Waals surface area (Å²) in [5, 5.41) is 3.78. The molecule has 1 aromatic rings. The second-order valence-corrected chi connectivity index (χ2v) is 4.80. The van der Waals surface area contributed by atoms with E-state index in [0.717, 1.165) is 17.5 Å². The fraction of sp³-hybridized carbons (Fsp3) is 0.333. The molecule has 1 saturated heterocycles. The van der Waals surface area contributed by atoms with Crippen LogP contribution in [0.2, 0.25) is 0 Å². The van der Waals surface area contributed by atoms with Gasteiger partial charge >= 0.3 is 0 Å². The molecule has 1 amide bonds. The van der Waals surface area contributed by atoms with Crippen LogP contribution in [-0.2, 0) is 0 Å². The fourth-order valence-corrected chi connectivity index (χ4v) is 2.53. The summed E-state index contributed by atoms with van der Waals surface area (Å²) in [5.74, 6) is 0.989. The number of amides is 1. The van der Waals surface area contributed by atoms with Gasteiger partial charge in [0.2, 0.25) is 0 Å². The molecule has 0 aromatic heterocycles. The first-order chi connectivity index (χ1) is 8.27. The van der Waals surface area contributed by atoms with Crippen molar-refractivity contribution in [2.45, 2.75) is 0 Å². The Bertz CT molecular complexity index is 419. The van der Waals surface area contributed by atoms with Crippen LogP contribution in [0.15, 0.2) is 35.3 Å². The van der Waals surface area contributed by atoms with Crippen molar-refractivity contribution in [3.8, 4) is 0 Å². The number of benzene rings is 1. The number of hydrogen-bond donors (Lipinski definition) is 1. The van der Waals surface area contributed by atoms with Gasteiger partial charge in [0.1, 0.15) is 6.67 Å². The zero-order valence-electron chi connectivity index (χ0n) is 9.72. The monoisotopic (exact) mass is 249 g/mol. The van der Waals surface area contributed by atoms with Crippen molar-refractivity contribution in [3.63, 3.8) is 0 Å². The van der Waals surface area contributed by atoms with Gasteiger partial charge in [-0.3, -0.25) is 4.79 Å². The number of amidine groups is 1. The number of rotatable bonds is 3. The number of thioether (sulfide) groups is 1. The van der Waals surface area contributed by atoms with Gasteiger partial charge in [0.05, 0.1) is 0 Å². The third-order valence-corrected chi connectivity index (χ3v) is 3.56. The third kappa shape index (κ3) is 3.23. The third-order valence-electron chi connectivity index (χ3n) is 2.47. The zero-order chi connectivity index (χ0) is 12.1. The van der Waals surface area contributed by atoms with E-state index in [9.17, 15) is 4.79 Å². The van der Waals surface area contributed by atoms with Crippen LogP contribution in [0, 0.1) is 0 Å². The summed E-state index contributed by atoms with van der Waals surface area (Å²) in [6, 6.07) is 9.17. The van der Waals surface area contributed by atoms with Crippen molar-refractivity contribution in [2.75, 3.05) is 26.0 Å². The second kappa shape index (κ2) is 5.72. The highest BCUT2D eigenvalue weighted by Crippen LogP contribution is 2.15. The molecule has 1 aliphatic heterocycles. The van der Waals surface area contributed by atoms with Crippen LogP contribution in [0.1, 0.15) is 10.4 Å². The molecule has 1 fully saturated rings. The van der Waals surface area contributed by atoms with E-state index in [1.165, 1.54) is 0 Å².